The van der Waals surface area contributed by atoms with Gasteiger partial charge in [-0.25, -0.2) is 4.79 Å². The van der Waals surface area contributed by atoms with Crippen LogP contribution in [-0.4, -0.2) is 36.6 Å². The van der Waals surface area contributed by atoms with Gasteiger partial charge in [0, 0.05) is 30.7 Å². The molecule has 0 spiro atoms. The molecule has 1 N–H and O–H groups in total. The number of esters is 1. The summed E-state index contributed by atoms with van der Waals surface area (Å²) in [7, 11) is 0. The van der Waals surface area contributed by atoms with Crippen molar-refractivity contribution in [2.45, 2.75) is 26.7 Å². The number of anilines is 2. The van der Waals surface area contributed by atoms with Gasteiger partial charge >= 0.3 is 5.97 Å². The first kappa shape index (κ1) is 18.9. The Labute approximate surface area is 159 Å². The normalized spacial score (nSPS) is 14.7. The highest BCUT2D eigenvalue weighted by atomic mass is 16.5. The van der Waals surface area contributed by atoms with E-state index < -0.39 is 0 Å². The van der Waals surface area contributed by atoms with Crippen molar-refractivity contribution in [3.05, 3.63) is 53.9 Å². The summed E-state index contributed by atoms with van der Waals surface area (Å²) in [5.74, 6) is 0.107. The molecule has 1 aliphatic heterocycles. The van der Waals surface area contributed by atoms with Gasteiger partial charge in [-0.3, -0.25) is 9.78 Å². The summed E-state index contributed by atoms with van der Waals surface area (Å²) in [6.07, 6.45) is 4.00. The zero-order chi connectivity index (χ0) is 19.2. The maximum absolute atomic E-state index is 12.5. The number of pyridine rings is 1. The third-order valence-corrected chi connectivity index (χ3v) is 4.78. The second-order valence-corrected chi connectivity index (χ2v) is 6.82. The third-order valence-electron chi connectivity index (χ3n) is 4.78. The topological polar surface area (TPSA) is 71.5 Å². The molecule has 0 unspecified atom stereocenters. The fourth-order valence-corrected chi connectivity index (χ4v) is 3.11. The van der Waals surface area contributed by atoms with Gasteiger partial charge in [0.05, 0.1) is 12.2 Å². The lowest BCUT2D eigenvalue weighted by atomic mass is 9.99. The van der Waals surface area contributed by atoms with Crippen molar-refractivity contribution in [3.8, 4) is 0 Å². The molecule has 2 heterocycles. The van der Waals surface area contributed by atoms with Crippen molar-refractivity contribution < 1.29 is 14.3 Å². The van der Waals surface area contributed by atoms with Crippen LogP contribution >= 0.6 is 0 Å². The molecule has 1 amide bonds. The van der Waals surface area contributed by atoms with Gasteiger partial charge in [-0.1, -0.05) is 6.92 Å². The minimum absolute atomic E-state index is 0.272. The third kappa shape index (κ3) is 4.84. The molecular weight excluding hydrogens is 342 g/mol. The van der Waals surface area contributed by atoms with Gasteiger partial charge in [0.25, 0.3) is 5.91 Å². The summed E-state index contributed by atoms with van der Waals surface area (Å²) < 4.78 is 4.95. The van der Waals surface area contributed by atoms with Crippen LogP contribution in [0.5, 0.6) is 0 Å². The molecule has 1 aromatic heterocycles. The molecule has 1 fully saturated rings. The quantitative estimate of drug-likeness (QED) is 0.815. The van der Waals surface area contributed by atoms with E-state index in [9.17, 15) is 9.59 Å². The number of ether oxygens (including phenoxy) is 1. The van der Waals surface area contributed by atoms with E-state index in [4.69, 9.17) is 4.74 Å². The SMILES string of the molecule is CCOC(=O)c1ccc(NC(=O)c2cc(N3CCC(C)CC3)ccn2)cc1. The zero-order valence-electron chi connectivity index (χ0n) is 15.8. The van der Waals surface area contributed by atoms with Gasteiger partial charge < -0.3 is 15.0 Å². The van der Waals surface area contributed by atoms with Crippen LogP contribution in [0, 0.1) is 5.92 Å². The fraction of sp³-hybridized carbons (Fsp3) is 0.381. The summed E-state index contributed by atoms with van der Waals surface area (Å²) in [6.45, 7) is 6.37. The van der Waals surface area contributed by atoms with Crippen LogP contribution in [0.3, 0.4) is 0 Å². The molecule has 1 aromatic carbocycles. The van der Waals surface area contributed by atoms with E-state index in [0.29, 0.717) is 23.6 Å². The molecule has 1 saturated heterocycles. The molecule has 0 bridgehead atoms. The fourth-order valence-electron chi connectivity index (χ4n) is 3.11. The Morgan fingerprint density at radius 1 is 1.19 bits per heavy atom. The van der Waals surface area contributed by atoms with Gasteiger partial charge in [0.2, 0.25) is 0 Å². The number of amides is 1. The van der Waals surface area contributed by atoms with E-state index >= 15 is 0 Å². The molecule has 0 atom stereocenters. The molecule has 0 radical (unpaired) electrons. The summed E-state index contributed by atoms with van der Waals surface area (Å²) in [5.41, 5.74) is 2.46. The summed E-state index contributed by atoms with van der Waals surface area (Å²) in [5, 5.41) is 2.82. The Kier molecular flexibility index (Phi) is 6.06. The summed E-state index contributed by atoms with van der Waals surface area (Å²) in [6, 6.07) is 10.4. The number of hydrogen-bond acceptors (Lipinski definition) is 5. The molecule has 0 saturated carbocycles. The number of carbonyl (C=O) groups excluding carboxylic acids is 2. The lowest BCUT2D eigenvalue weighted by Crippen LogP contribution is -2.33. The maximum Gasteiger partial charge on any atom is 0.338 e. The van der Waals surface area contributed by atoms with Crippen molar-refractivity contribution in [3.63, 3.8) is 0 Å². The summed E-state index contributed by atoms with van der Waals surface area (Å²) in [4.78, 5) is 30.7. The number of aromatic nitrogens is 1. The Morgan fingerprint density at radius 2 is 1.89 bits per heavy atom. The van der Waals surface area contributed by atoms with E-state index in [-0.39, 0.29) is 11.9 Å². The van der Waals surface area contributed by atoms with Crippen molar-refractivity contribution >= 4 is 23.3 Å². The standard InChI is InChI=1S/C21H25N3O3/c1-3-27-21(26)16-4-6-17(7-5-16)23-20(25)19-14-18(8-11-22-19)24-12-9-15(2)10-13-24/h4-8,11,14-15H,3,9-10,12-13H2,1-2H3,(H,23,25). The predicted molar refractivity (Wildman–Crippen MR) is 105 cm³/mol. The molecule has 1 aliphatic rings. The molecule has 142 valence electrons. The van der Waals surface area contributed by atoms with Crippen LogP contribution in [0.4, 0.5) is 11.4 Å². The van der Waals surface area contributed by atoms with Crippen molar-refractivity contribution in [1.29, 1.82) is 0 Å². The van der Waals surface area contributed by atoms with Crippen LogP contribution in [0.15, 0.2) is 42.6 Å². The van der Waals surface area contributed by atoms with Crippen LogP contribution in [0.1, 0.15) is 47.5 Å². The van der Waals surface area contributed by atoms with E-state index in [1.807, 2.05) is 12.1 Å². The highest BCUT2D eigenvalue weighted by molar-refractivity contribution is 6.03. The molecule has 3 rings (SSSR count). The highest BCUT2D eigenvalue weighted by Crippen LogP contribution is 2.23. The minimum atomic E-state index is -0.374. The number of benzene rings is 1. The van der Waals surface area contributed by atoms with Crippen molar-refractivity contribution in [1.82, 2.24) is 4.98 Å². The number of hydrogen-bond donors (Lipinski definition) is 1. The number of nitrogens with one attached hydrogen (secondary N) is 1. The van der Waals surface area contributed by atoms with Gasteiger partial charge in [0.1, 0.15) is 5.69 Å². The molecule has 2 aromatic rings. The van der Waals surface area contributed by atoms with Crippen LogP contribution in [0.2, 0.25) is 0 Å². The van der Waals surface area contributed by atoms with Gasteiger partial charge in [-0.15, -0.1) is 0 Å². The number of piperidine rings is 1. The van der Waals surface area contributed by atoms with E-state index in [1.54, 1.807) is 37.4 Å². The average molecular weight is 367 g/mol. The maximum atomic E-state index is 12.5. The van der Waals surface area contributed by atoms with E-state index in [0.717, 1.165) is 37.5 Å². The second kappa shape index (κ2) is 8.66. The van der Waals surface area contributed by atoms with Crippen LogP contribution in [-0.2, 0) is 4.74 Å². The highest BCUT2D eigenvalue weighted by Gasteiger charge is 2.17. The summed E-state index contributed by atoms with van der Waals surface area (Å²) >= 11 is 0. The molecule has 6 nitrogen and oxygen atoms in total. The lowest BCUT2D eigenvalue weighted by molar-refractivity contribution is 0.0526. The zero-order valence-corrected chi connectivity index (χ0v) is 15.8. The lowest BCUT2D eigenvalue weighted by Gasteiger charge is -2.32. The smallest absolute Gasteiger partial charge is 0.338 e. The minimum Gasteiger partial charge on any atom is -0.462 e. The average Bonchev–Trinajstić information content (AvgIpc) is 2.69. The first-order valence-electron chi connectivity index (χ1n) is 9.36. The first-order valence-corrected chi connectivity index (χ1v) is 9.36. The van der Waals surface area contributed by atoms with Gasteiger partial charge in [0.15, 0.2) is 0 Å². The molecule has 0 aliphatic carbocycles. The van der Waals surface area contributed by atoms with E-state index in [1.165, 1.54) is 0 Å². The Hall–Kier alpha value is -2.89. The van der Waals surface area contributed by atoms with Crippen molar-refractivity contribution in [2.24, 2.45) is 5.92 Å². The monoisotopic (exact) mass is 367 g/mol. The molecule has 27 heavy (non-hydrogen) atoms. The van der Waals surface area contributed by atoms with Gasteiger partial charge in [-0.05, 0) is 62.1 Å². The van der Waals surface area contributed by atoms with Crippen molar-refractivity contribution in [2.75, 3.05) is 29.9 Å². The van der Waals surface area contributed by atoms with Gasteiger partial charge in [-0.2, -0.15) is 0 Å². The molecule has 6 heteroatoms. The second-order valence-electron chi connectivity index (χ2n) is 6.82. The number of nitrogens with zero attached hydrogens (tertiary/aromatic N) is 2. The Bertz CT molecular complexity index is 797. The van der Waals surface area contributed by atoms with E-state index in [2.05, 4.69) is 22.1 Å². The Morgan fingerprint density at radius 3 is 2.56 bits per heavy atom. The van der Waals surface area contributed by atoms with Crippen LogP contribution in [0.25, 0.3) is 0 Å². The number of rotatable bonds is 5. The van der Waals surface area contributed by atoms with Crippen LogP contribution < -0.4 is 10.2 Å². The largest absolute Gasteiger partial charge is 0.462 e. The number of carbonyl (C=O) groups is 2. The predicted octanol–water partition coefficient (Wildman–Crippen LogP) is 3.75. The Balaban J connectivity index is 1.66. The first-order chi connectivity index (χ1) is 13.1. The molecular formula is C21H25N3O3.